The first-order valence-corrected chi connectivity index (χ1v) is 9.01. The number of carbonyl (C=O) groups excluding carboxylic acids is 2. The van der Waals surface area contributed by atoms with Crippen LogP contribution in [0.25, 0.3) is 21.9 Å². The van der Waals surface area contributed by atoms with Crippen LogP contribution in [0.15, 0.2) is 60.7 Å². The molecule has 0 atom stereocenters. The van der Waals surface area contributed by atoms with Gasteiger partial charge in [-0.2, -0.15) is 5.26 Å². The highest BCUT2D eigenvalue weighted by Crippen LogP contribution is 2.34. The smallest absolute Gasteiger partial charge is 0.254 e. The molecule has 2 amide bonds. The zero-order valence-corrected chi connectivity index (χ0v) is 15.6. The minimum atomic E-state index is -0.613. The minimum Gasteiger partial charge on any atom is -0.398 e. The van der Waals surface area contributed by atoms with Crippen molar-refractivity contribution in [3.8, 4) is 17.2 Å². The van der Waals surface area contributed by atoms with E-state index in [9.17, 15) is 14.9 Å². The van der Waals surface area contributed by atoms with Crippen molar-refractivity contribution in [2.45, 2.75) is 6.54 Å². The van der Waals surface area contributed by atoms with Crippen molar-refractivity contribution < 1.29 is 9.59 Å². The molecule has 4 N–H and O–H groups in total. The largest absolute Gasteiger partial charge is 0.398 e. The predicted octanol–water partition coefficient (Wildman–Crippen LogP) is 2.96. The molecule has 0 fully saturated rings. The van der Waals surface area contributed by atoms with E-state index in [1.165, 1.54) is 0 Å². The molecule has 0 radical (unpaired) electrons. The molecule has 1 aliphatic rings. The van der Waals surface area contributed by atoms with Crippen molar-refractivity contribution in [1.29, 1.82) is 5.26 Å². The Morgan fingerprint density at radius 2 is 1.83 bits per heavy atom. The van der Waals surface area contributed by atoms with Gasteiger partial charge in [-0.1, -0.05) is 30.8 Å². The molecule has 29 heavy (non-hydrogen) atoms. The summed E-state index contributed by atoms with van der Waals surface area (Å²) in [5, 5.41) is 11.2. The summed E-state index contributed by atoms with van der Waals surface area (Å²) in [5.41, 5.74) is 15.5. The normalized spacial score (nSPS) is 12.7. The summed E-state index contributed by atoms with van der Waals surface area (Å²) in [4.78, 5) is 25.6. The van der Waals surface area contributed by atoms with Crippen molar-refractivity contribution in [2.75, 3.05) is 12.3 Å². The van der Waals surface area contributed by atoms with Crippen LogP contribution in [0, 0.1) is 11.3 Å². The van der Waals surface area contributed by atoms with Gasteiger partial charge in [0.1, 0.15) is 6.07 Å². The first-order chi connectivity index (χ1) is 13.9. The van der Waals surface area contributed by atoms with E-state index in [1.807, 2.05) is 36.4 Å². The average Bonchev–Trinajstić information content (AvgIpc) is 3.04. The van der Waals surface area contributed by atoms with Crippen molar-refractivity contribution in [1.82, 2.24) is 4.90 Å². The van der Waals surface area contributed by atoms with Crippen LogP contribution in [-0.4, -0.2) is 23.3 Å². The van der Waals surface area contributed by atoms with E-state index < -0.39 is 5.91 Å². The van der Waals surface area contributed by atoms with Gasteiger partial charge in [-0.3, -0.25) is 9.59 Å². The Bertz CT molecular complexity index is 1250. The van der Waals surface area contributed by atoms with Gasteiger partial charge in [0.25, 0.3) is 5.91 Å². The lowest BCUT2D eigenvalue weighted by Crippen LogP contribution is -2.30. The molecule has 6 heteroatoms. The van der Waals surface area contributed by atoms with Crippen molar-refractivity contribution >= 4 is 28.3 Å². The Morgan fingerprint density at radius 1 is 1.14 bits per heavy atom. The van der Waals surface area contributed by atoms with E-state index in [0.29, 0.717) is 23.4 Å². The first kappa shape index (κ1) is 18.3. The van der Waals surface area contributed by atoms with E-state index in [1.54, 1.807) is 17.0 Å². The van der Waals surface area contributed by atoms with Crippen LogP contribution in [0.3, 0.4) is 0 Å². The summed E-state index contributed by atoms with van der Waals surface area (Å²) in [6.07, 6.45) is 0. The number of rotatable bonds is 4. The molecule has 4 rings (SSSR count). The first-order valence-electron chi connectivity index (χ1n) is 9.01. The van der Waals surface area contributed by atoms with E-state index in [-0.39, 0.29) is 18.0 Å². The van der Waals surface area contributed by atoms with Gasteiger partial charge in [-0.15, -0.1) is 0 Å². The molecule has 0 saturated carbocycles. The minimum absolute atomic E-state index is 0.105. The van der Waals surface area contributed by atoms with Crippen molar-refractivity contribution in [3.05, 3.63) is 77.4 Å². The highest BCUT2D eigenvalue weighted by Gasteiger charge is 2.29. The molecule has 142 valence electrons. The monoisotopic (exact) mass is 382 g/mol. The number of nitrogens with two attached hydrogens (primary N) is 2. The van der Waals surface area contributed by atoms with Gasteiger partial charge in [0, 0.05) is 23.4 Å². The molecule has 1 aliphatic heterocycles. The van der Waals surface area contributed by atoms with Gasteiger partial charge in [0.05, 0.1) is 12.1 Å². The van der Waals surface area contributed by atoms with Crippen LogP contribution in [0.5, 0.6) is 0 Å². The molecule has 1 heterocycles. The molecule has 3 aromatic carbocycles. The zero-order valence-electron chi connectivity index (χ0n) is 15.6. The molecule has 0 aromatic heterocycles. The van der Waals surface area contributed by atoms with Crippen LogP contribution in [0.2, 0.25) is 0 Å². The van der Waals surface area contributed by atoms with Crippen molar-refractivity contribution in [3.63, 3.8) is 0 Å². The predicted molar refractivity (Wildman–Crippen MR) is 112 cm³/mol. The molecular weight excluding hydrogens is 364 g/mol. The second-order valence-electron chi connectivity index (χ2n) is 7.07. The van der Waals surface area contributed by atoms with Gasteiger partial charge >= 0.3 is 0 Å². The standard InChI is InChI=1S/C23H18N4O2/c1-13(22(26)28)11-27-12-20-18(23(27)29)6-4-14-2-3-16(9-19(14)20)15-5-7-21(25)17(8-15)10-24/h2-9H,1,11-12,25H2,(H2,26,28). The number of hydrogen-bond donors (Lipinski definition) is 2. The van der Waals surface area contributed by atoms with Crippen LogP contribution in [0.1, 0.15) is 21.5 Å². The molecule has 0 unspecified atom stereocenters. The summed E-state index contributed by atoms with van der Waals surface area (Å²) in [5.74, 6) is -0.758. The number of fused-ring (bicyclic) bond motifs is 3. The van der Waals surface area contributed by atoms with Gasteiger partial charge in [-0.05, 0) is 51.7 Å². The highest BCUT2D eigenvalue weighted by atomic mass is 16.2. The van der Waals surface area contributed by atoms with Crippen LogP contribution < -0.4 is 11.5 Å². The Balaban J connectivity index is 1.78. The Kier molecular flexibility index (Phi) is 4.29. The SMILES string of the molecule is C=C(CN1Cc2c(ccc3ccc(-c4ccc(N)c(C#N)c4)cc23)C1=O)C(N)=O. The number of benzene rings is 3. The third kappa shape index (κ3) is 3.09. The number of amides is 2. The lowest BCUT2D eigenvalue weighted by molar-refractivity contribution is -0.114. The van der Waals surface area contributed by atoms with Gasteiger partial charge in [0.2, 0.25) is 5.91 Å². The molecule has 0 bridgehead atoms. The summed E-state index contributed by atoms with van der Waals surface area (Å²) < 4.78 is 0. The van der Waals surface area contributed by atoms with Crippen LogP contribution in [0.4, 0.5) is 5.69 Å². The second-order valence-corrected chi connectivity index (χ2v) is 7.07. The summed E-state index contributed by atoms with van der Waals surface area (Å²) >= 11 is 0. The van der Waals surface area contributed by atoms with E-state index in [2.05, 4.69) is 12.6 Å². The number of carbonyl (C=O) groups is 2. The van der Waals surface area contributed by atoms with E-state index >= 15 is 0 Å². The number of anilines is 1. The topological polar surface area (TPSA) is 113 Å². The molecular formula is C23H18N4O2. The maximum absolute atomic E-state index is 12.8. The van der Waals surface area contributed by atoms with Crippen molar-refractivity contribution in [2.24, 2.45) is 5.73 Å². The number of nitriles is 1. The molecule has 6 nitrogen and oxygen atoms in total. The Hall–Kier alpha value is -4.11. The fourth-order valence-electron chi connectivity index (χ4n) is 3.63. The molecule has 0 saturated heterocycles. The Labute approximate surface area is 167 Å². The van der Waals surface area contributed by atoms with E-state index in [4.69, 9.17) is 11.5 Å². The molecule has 0 spiro atoms. The number of primary amides is 1. The lowest BCUT2D eigenvalue weighted by atomic mass is 9.95. The third-order valence-electron chi connectivity index (χ3n) is 5.24. The number of nitrogens with zero attached hydrogens (tertiary/aromatic N) is 2. The summed E-state index contributed by atoms with van der Waals surface area (Å²) in [6, 6.07) is 17.1. The average molecular weight is 382 g/mol. The van der Waals surface area contributed by atoms with Crippen LogP contribution >= 0.6 is 0 Å². The van der Waals surface area contributed by atoms with Gasteiger partial charge in [-0.25, -0.2) is 0 Å². The number of hydrogen-bond acceptors (Lipinski definition) is 4. The lowest BCUT2D eigenvalue weighted by Gasteiger charge is -2.15. The highest BCUT2D eigenvalue weighted by molar-refractivity contribution is 6.05. The fraction of sp³-hybridized carbons (Fsp3) is 0.0870. The fourth-order valence-corrected chi connectivity index (χ4v) is 3.63. The second kappa shape index (κ2) is 6.80. The third-order valence-corrected chi connectivity index (χ3v) is 5.24. The number of nitrogen functional groups attached to an aromatic ring is 1. The quantitative estimate of drug-likeness (QED) is 0.533. The maximum Gasteiger partial charge on any atom is 0.254 e. The van der Waals surface area contributed by atoms with Crippen LogP contribution in [-0.2, 0) is 11.3 Å². The van der Waals surface area contributed by atoms with E-state index in [0.717, 1.165) is 27.5 Å². The van der Waals surface area contributed by atoms with Gasteiger partial charge < -0.3 is 16.4 Å². The van der Waals surface area contributed by atoms with Gasteiger partial charge in [0.15, 0.2) is 0 Å². The Morgan fingerprint density at radius 3 is 2.55 bits per heavy atom. The summed E-state index contributed by atoms with van der Waals surface area (Å²) in [7, 11) is 0. The molecule has 0 aliphatic carbocycles. The summed E-state index contributed by atoms with van der Waals surface area (Å²) in [6.45, 7) is 4.14. The maximum atomic E-state index is 12.8. The zero-order chi connectivity index (χ0) is 20.7. The molecule has 3 aromatic rings.